The third-order valence-corrected chi connectivity index (χ3v) is 7.92. The number of anilines is 2. The molecule has 0 radical (unpaired) electrons. The van der Waals surface area contributed by atoms with Crippen molar-refractivity contribution >= 4 is 23.4 Å². The lowest BCUT2D eigenvalue weighted by Crippen LogP contribution is -2.27. The first-order valence-corrected chi connectivity index (χ1v) is 13.6. The van der Waals surface area contributed by atoms with E-state index in [-0.39, 0.29) is 18.6 Å². The highest BCUT2D eigenvalue weighted by molar-refractivity contribution is 6.05. The maximum Gasteiger partial charge on any atom is 0.407 e. The predicted octanol–water partition coefficient (Wildman–Crippen LogP) is 5.29. The second kappa shape index (κ2) is 10.5. The summed E-state index contributed by atoms with van der Waals surface area (Å²) in [5.41, 5.74) is 12.0. The molecule has 3 aliphatic carbocycles. The summed E-state index contributed by atoms with van der Waals surface area (Å²) in [7, 11) is 0. The normalized spacial score (nSPS) is 21.4. The number of nitrogens with two attached hydrogens (primary N) is 1. The van der Waals surface area contributed by atoms with Crippen molar-refractivity contribution in [3.8, 4) is 0 Å². The van der Waals surface area contributed by atoms with Gasteiger partial charge < -0.3 is 26.4 Å². The molecule has 2 fully saturated rings. The van der Waals surface area contributed by atoms with Crippen molar-refractivity contribution in [1.29, 1.82) is 0 Å². The summed E-state index contributed by atoms with van der Waals surface area (Å²) in [5.74, 6) is 1.31. The molecule has 5 N–H and O–H groups in total. The first-order chi connectivity index (χ1) is 18.5. The van der Waals surface area contributed by atoms with Gasteiger partial charge in [-0.3, -0.25) is 4.79 Å². The molecule has 6 rings (SSSR count). The van der Waals surface area contributed by atoms with Gasteiger partial charge >= 0.3 is 6.09 Å². The van der Waals surface area contributed by atoms with E-state index in [9.17, 15) is 9.59 Å². The molecule has 0 aliphatic heterocycles. The standard InChI is InChI=1S/C31H34N4O3/c32-26-3-1-2-4-28(26)34-30(36)23-11-13-24-22(15-23)12-14-27(24)35-31(37)38-18-20-7-9-21(10-8-20)25-16-29(25)33-17-19-5-6-19/h1-4,7-11,13,15,19,25,27,29,33H,5-6,12,14,16-18,32H2,(H,34,36)(H,35,37)/t25-,27?,29?/m1/s1. The highest BCUT2D eigenvalue weighted by atomic mass is 16.5. The van der Waals surface area contributed by atoms with E-state index in [4.69, 9.17) is 10.5 Å². The van der Waals surface area contributed by atoms with E-state index in [1.54, 1.807) is 18.2 Å². The summed E-state index contributed by atoms with van der Waals surface area (Å²) in [6, 6.07) is 21.7. The van der Waals surface area contributed by atoms with Crippen molar-refractivity contribution in [2.24, 2.45) is 5.92 Å². The number of aryl methyl sites for hydroxylation is 1. The zero-order valence-corrected chi connectivity index (χ0v) is 21.4. The van der Waals surface area contributed by atoms with Crippen LogP contribution in [0.4, 0.5) is 16.2 Å². The Bertz CT molecular complexity index is 1340. The number of carbonyl (C=O) groups excluding carboxylic acids is 2. The van der Waals surface area contributed by atoms with E-state index < -0.39 is 6.09 Å². The summed E-state index contributed by atoms with van der Waals surface area (Å²) in [6.45, 7) is 1.40. The van der Waals surface area contributed by atoms with Crippen molar-refractivity contribution in [2.75, 3.05) is 17.6 Å². The Morgan fingerprint density at radius 2 is 1.79 bits per heavy atom. The number of benzene rings is 3. The molecule has 3 aromatic carbocycles. The Hall–Kier alpha value is -3.84. The molecular weight excluding hydrogens is 476 g/mol. The predicted molar refractivity (Wildman–Crippen MR) is 148 cm³/mol. The van der Waals surface area contributed by atoms with Gasteiger partial charge in [0.2, 0.25) is 0 Å². The number of para-hydroxylation sites is 2. The van der Waals surface area contributed by atoms with Gasteiger partial charge in [-0.15, -0.1) is 0 Å². The highest BCUT2D eigenvalue weighted by Crippen LogP contribution is 2.41. The second-order valence-electron chi connectivity index (χ2n) is 10.8. The average molecular weight is 511 g/mol. The maximum absolute atomic E-state index is 12.7. The fraction of sp³-hybridized carbons (Fsp3) is 0.355. The molecule has 0 bridgehead atoms. The van der Waals surface area contributed by atoms with E-state index in [1.165, 1.54) is 24.8 Å². The van der Waals surface area contributed by atoms with Crippen LogP contribution in [0.25, 0.3) is 0 Å². The molecule has 2 unspecified atom stereocenters. The zero-order chi connectivity index (χ0) is 26.1. The van der Waals surface area contributed by atoms with Crippen LogP contribution in [-0.2, 0) is 17.8 Å². The van der Waals surface area contributed by atoms with Crippen LogP contribution in [0.3, 0.4) is 0 Å². The molecule has 0 aromatic heterocycles. The lowest BCUT2D eigenvalue weighted by Gasteiger charge is -2.15. The summed E-state index contributed by atoms with van der Waals surface area (Å²) >= 11 is 0. The monoisotopic (exact) mass is 510 g/mol. The molecular formula is C31H34N4O3. The summed E-state index contributed by atoms with van der Waals surface area (Å²) < 4.78 is 5.52. The molecule has 0 spiro atoms. The molecule has 3 atom stereocenters. The van der Waals surface area contributed by atoms with Gasteiger partial charge in [-0.05, 0) is 91.1 Å². The number of nitrogen functional groups attached to an aromatic ring is 1. The third-order valence-electron chi connectivity index (χ3n) is 7.92. The molecule has 0 heterocycles. The molecule has 0 saturated heterocycles. The Kier molecular flexibility index (Phi) is 6.77. The fourth-order valence-electron chi connectivity index (χ4n) is 5.34. The topological polar surface area (TPSA) is 105 Å². The van der Waals surface area contributed by atoms with E-state index in [0.29, 0.717) is 28.9 Å². The molecule has 2 amide bonds. The van der Waals surface area contributed by atoms with Crippen molar-refractivity contribution in [3.05, 3.63) is 94.5 Å². The minimum absolute atomic E-state index is 0.128. The van der Waals surface area contributed by atoms with Crippen molar-refractivity contribution in [2.45, 2.75) is 56.7 Å². The molecule has 3 aliphatic rings. The van der Waals surface area contributed by atoms with Crippen LogP contribution in [0.15, 0.2) is 66.7 Å². The largest absolute Gasteiger partial charge is 0.445 e. The highest BCUT2D eigenvalue weighted by Gasteiger charge is 2.38. The molecule has 3 aromatic rings. The van der Waals surface area contributed by atoms with Crippen LogP contribution < -0.4 is 21.7 Å². The zero-order valence-electron chi connectivity index (χ0n) is 21.4. The fourth-order valence-corrected chi connectivity index (χ4v) is 5.34. The minimum atomic E-state index is -0.431. The summed E-state index contributed by atoms with van der Waals surface area (Å²) in [4.78, 5) is 25.3. The first-order valence-electron chi connectivity index (χ1n) is 13.6. The van der Waals surface area contributed by atoms with Crippen LogP contribution >= 0.6 is 0 Å². The minimum Gasteiger partial charge on any atom is -0.445 e. The van der Waals surface area contributed by atoms with E-state index in [1.807, 2.05) is 24.3 Å². The maximum atomic E-state index is 12.7. The molecule has 2 saturated carbocycles. The number of amides is 2. The van der Waals surface area contributed by atoms with Gasteiger partial charge in [0.25, 0.3) is 5.91 Å². The van der Waals surface area contributed by atoms with Gasteiger partial charge in [0.15, 0.2) is 0 Å². The number of fused-ring (bicyclic) bond motifs is 1. The first kappa shape index (κ1) is 24.5. The third kappa shape index (κ3) is 5.68. The van der Waals surface area contributed by atoms with Crippen LogP contribution in [0.2, 0.25) is 0 Å². The number of hydrogen-bond acceptors (Lipinski definition) is 5. The van der Waals surface area contributed by atoms with E-state index >= 15 is 0 Å². The molecule has 7 nitrogen and oxygen atoms in total. The van der Waals surface area contributed by atoms with Gasteiger partial charge in [0.05, 0.1) is 17.4 Å². The van der Waals surface area contributed by atoms with Gasteiger partial charge in [-0.2, -0.15) is 0 Å². The molecule has 7 heteroatoms. The Balaban J connectivity index is 0.980. The average Bonchev–Trinajstić information content (AvgIpc) is 3.86. The number of ether oxygens (including phenoxy) is 1. The number of carbonyl (C=O) groups is 2. The van der Waals surface area contributed by atoms with Crippen molar-refractivity contribution in [1.82, 2.24) is 10.6 Å². The van der Waals surface area contributed by atoms with Crippen LogP contribution in [0, 0.1) is 5.92 Å². The number of nitrogens with one attached hydrogen (secondary N) is 3. The van der Waals surface area contributed by atoms with Gasteiger partial charge in [0, 0.05) is 17.5 Å². The second-order valence-corrected chi connectivity index (χ2v) is 10.8. The molecule has 196 valence electrons. The smallest absolute Gasteiger partial charge is 0.407 e. The molecule has 38 heavy (non-hydrogen) atoms. The van der Waals surface area contributed by atoms with E-state index in [2.05, 4.69) is 40.2 Å². The number of rotatable bonds is 9. The van der Waals surface area contributed by atoms with Crippen LogP contribution in [-0.4, -0.2) is 24.6 Å². The summed E-state index contributed by atoms with van der Waals surface area (Å²) in [5, 5.41) is 9.53. The Morgan fingerprint density at radius 3 is 2.58 bits per heavy atom. The SMILES string of the molecule is Nc1ccccc1NC(=O)c1ccc2c(c1)CCC2NC(=O)OCc1ccc([C@H]2CC2NCC2CC2)cc1. The quantitative estimate of drug-likeness (QED) is 0.293. The van der Waals surface area contributed by atoms with Gasteiger partial charge in [0.1, 0.15) is 6.61 Å². The van der Waals surface area contributed by atoms with Crippen molar-refractivity contribution < 1.29 is 14.3 Å². The van der Waals surface area contributed by atoms with E-state index in [0.717, 1.165) is 42.0 Å². The lowest BCUT2D eigenvalue weighted by atomic mass is 10.0. The summed E-state index contributed by atoms with van der Waals surface area (Å²) in [6.07, 6.45) is 5.10. The van der Waals surface area contributed by atoms with Crippen LogP contribution in [0.5, 0.6) is 0 Å². The van der Waals surface area contributed by atoms with Gasteiger partial charge in [-0.25, -0.2) is 4.79 Å². The Labute approximate surface area is 223 Å². The Morgan fingerprint density at radius 1 is 0.974 bits per heavy atom. The van der Waals surface area contributed by atoms with Crippen LogP contribution in [0.1, 0.15) is 70.3 Å². The van der Waals surface area contributed by atoms with Gasteiger partial charge in [-0.1, -0.05) is 42.5 Å². The lowest BCUT2D eigenvalue weighted by molar-refractivity contribution is 0.102. The number of hydrogen-bond donors (Lipinski definition) is 4. The number of alkyl carbamates (subject to hydrolysis) is 1. The van der Waals surface area contributed by atoms with Crippen molar-refractivity contribution in [3.63, 3.8) is 0 Å².